The summed E-state index contributed by atoms with van der Waals surface area (Å²) >= 11 is 5.33. The second kappa shape index (κ2) is 3.71. The van der Waals surface area contributed by atoms with Crippen molar-refractivity contribution in [3.63, 3.8) is 0 Å². The molecule has 0 saturated heterocycles. The minimum atomic E-state index is -0.216. The summed E-state index contributed by atoms with van der Waals surface area (Å²) in [6.45, 7) is 0. The second-order valence-electron chi connectivity index (χ2n) is 2.95. The largest absolute Gasteiger partial charge is 0.338 e. The average molecular weight is 223 g/mol. The zero-order chi connectivity index (χ0) is 10.1. The Morgan fingerprint density at radius 1 is 1.50 bits per heavy atom. The summed E-state index contributed by atoms with van der Waals surface area (Å²) in [5.74, 6) is 0. The molecule has 1 aromatic carbocycles. The molecular weight excluding hydrogens is 214 g/mol. The minimum absolute atomic E-state index is 0.216. The van der Waals surface area contributed by atoms with Crippen molar-refractivity contribution in [2.75, 3.05) is 11.9 Å². The number of para-hydroxylation sites is 1. The molecule has 0 amide bonds. The molecule has 0 saturated carbocycles. The van der Waals surface area contributed by atoms with Gasteiger partial charge in [-0.3, -0.25) is 4.79 Å². The van der Waals surface area contributed by atoms with Crippen LogP contribution in [0.25, 0.3) is 0 Å². The Bertz CT molecular complexity index is 414. The van der Waals surface area contributed by atoms with Crippen LogP contribution in [0, 0.1) is 0 Å². The first-order valence-corrected chi connectivity index (χ1v) is 5.40. The Labute approximate surface area is 92.4 Å². The SMILES string of the molecule is CN1C(=CC(=O)S)Sc2ccccc21. The van der Waals surface area contributed by atoms with Gasteiger partial charge < -0.3 is 4.90 Å². The van der Waals surface area contributed by atoms with Crippen LogP contribution >= 0.6 is 24.4 Å². The highest BCUT2D eigenvalue weighted by molar-refractivity contribution is 8.04. The summed E-state index contributed by atoms with van der Waals surface area (Å²) in [5, 5.41) is 0.707. The van der Waals surface area contributed by atoms with Gasteiger partial charge >= 0.3 is 0 Å². The Kier molecular flexibility index (Phi) is 2.56. The lowest BCUT2D eigenvalue weighted by atomic mass is 10.3. The molecule has 0 fully saturated rings. The molecule has 1 aromatic rings. The first-order valence-electron chi connectivity index (χ1n) is 4.14. The molecule has 0 atom stereocenters. The standard InChI is InChI=1S/C10H9NOS2/c1-11-7-4-2-3-5-8(7)14-9(11)6-10(12)13/h2-6H,1H3,(H,12,13). The van der Waals surface area contributed by atoms with Crippen LogP contribution in [-0.4, -0.2) is 12.2 Å². The van der Waals surface area contributed by atoms with E-state index in [1.807, 2.05) is 36.2 Å². The van der Waals surface area contributed by atoms with Crippen molar-refractivity contribution < 1.29 is 4.79 Å². The van der Waals surface area contributed by atoms with Crippen molar-refractivity contribution in [1.29, 1.82) is 0 Å². The number of thioether (sulfide) groups is 1. The van der Waals surface area contributed by atoms with E-state index in [9.17, 15) is 4.79 Å². The Morgan fingerprint density at radius 2 is 2.21 bits per heavy atom. The maximum Gasteiger partial charge on any atom is 0.211 e. The predicted octanol–water partition coefficient (Wildman–Crippen LogP) is 2.53. The zero-order valence-corrected chi connectivity index (χ0v) is 9.31. The van der Waals surface area contributed by atoms with Gasteiger partial charge in [-0.05, 0) is 12.1 Å². The number of hydrogen-bond donors (Lipinski definition) is 1. The molecule has 14 heavy (non-hydrogen) atoms. The Morgan fingerprint density at radius 3 is 2.86 bits per heavy atom. The van der Waals surface area contributed by atoms with Crippen molar-refractivity contribution in [3.05, 3.63) is 35.4 Å². The summed E-state index contributed by atoms with van der Waals surface area (Å²) in [6.07, 6.45) is 1.54. The average Bonchev–Trinajstić information content (AvgIpc) is 2.44. The number of benzene rings is 1. The molecule has 1 heterocycles. The van der Waals surface area contributed by atoms with Crippen LogP contribution in [0.4, 0.5) is 5.69 Å². The number of fused-ring (bicyclic) bond motifs is 1. The molecule has 0 aliphatic carbocycles. The van der Waals surface area contributed by atoms with Gasteiger partial charge in [0.2, 0.25) is 5.12 Å². The summed E-state index contributed by atoms with van der Waals surface area (Å²) in [4.78, 5) is 14.0. The quantitative estimate of drug-likeness (QED) is 0.583. The van der Waals surface area contributed by atoms with Crippen molar-refractivity contribution in [2.45, 2.75) is 4.90 Å². The van der Waals surface area contributed by atoms with Crippen molar-refractivity contribution in [1.82, 2.24) is 0 Å². The van der Waals surface area contributed by atoms with E-state index in [2.05, 4.69) is 12.6 Å². The number of rotatable bonds is 1. The van der Waals surface area contributed by atoms with Crippen LogP contribution in [-0.2, 0) is 4.79 Å². The molecular formula is C10H9NOS2. The molecule has 0 bridgehead atoms. The third kappa shape index (κ3) is 1.67. The van der Waals surface area contributed by atoms with Gasteiger partial charge in [0.1, 0.15) is 0 Å². The van der Waals surface area contributed by atoms with E-state index >= 15 is 0 Å². The van der Waals surface area contributed by atoms with Crippen LogP contribution in [0.5, 0.6) is 0 Å². The van der Waals surface area contributed by atoms with Gasteiger partial charge in [-0.15, -0.1) is 12.6 Å². The lowest BCUT2D eigenvalue weighted by molar-refractivity contribution is -0.106. The molecule has 0 radical (unpaired) electrons. The van der Waals surface area contributed by atoms with Crippen LogP contribution in [0.1, 0.15) is 0 Å². The summed E-state index contributed by atoms with van der Waals surface area (Å²) < 4.78 is 0. The fourth-order valence-corrected chi connectivity index (χ4v) is 2.64. The van der Waals surface area contributed by atoms with Crippen LogP contribution in [0.2, 0.25) is 0 Å². The van der Waals surface area contributed by atoms with Gasteiger partial charge in [0.05, 0.1) is 10.7 Å². The molecule has 0 spiro atoms. The third-order valence-corrected chi connectivity index (χ3v) is 3.31. The zero-order valence-electron chi connectivity index (χ0n) is 7.60. The molecule has 4 heteroatoms. The van der Waals surface area contributed by atoms with E-state index in [-0.39, 0.29) is 5.12 Å². The van der Waals surface area contributed by atoms with E-state index in [0.717, 1.165) is 10.7 Å². The molecule has 72 valence electrons. The predicted molar refractivity (Wildman–Crippen MR) is 62.8 cm³/mol. The van der Waals surface area contributed by atoms with Crippen LogP contribution in [0.3, 0.4) is 0 Å². The number of carbonyl (C=O) groups excluding carboxylic acids is 1. The van der Waals surface area contributed by atoms with Gasteiger partial charge in [0, 0.05) is 18.0 Å². The maximum atomic E-state index is 10.8. The number of hydrogen-bond acceptors (Lipinski definition) is 3. The third-order valence-electron chi connectivity index (χ3n) is 2.02. The highest BCUT2D eigenvalue weighted by Crippen LogP contribution is 2.44. The van der Waals surface area contributed by atoms with E-state index in [1.54, 1.807) is 11.8 Å². The fraction of sp³-hybridized carbons (Fsp3) is 0.100. The molecule has 1 aliphatic rings. The van der Waals surface area contributed by atoms with Gasteiger partial charge in [-0.1, -0.05) is 23.9 Å². The van der Waals surface area contributed by atoms with E-state index < -0.39 is 0 Å². The van der Waals surface area contributed by atoms with Crippen molar-refractivity contribution in [3.8, 4) is 0 Å². The molecule has 2 rings (SSSR count). The smallest absolute Gasteiger partial charge is 0.211 e. The Balaban J connectivity index is 2.39. The van der Waals surface area contributed by atoms with Crippen molar-refractivity contribution in [2.24, 2.45) is 0 Å². The van der Waals surface area contributed by atoms with Crippen LogP contribution < -0.4 is 4.90 Å². The summed E-state index contributed by atoms with van der Waals surface area (Å²) in [7, 11) is 1.95. The number of nitrogens with zero attached hydrogens (tertiary/aromatic N) is 1. The summed E-state index contributed by atoms with van der Waals surface area (Å²) in [5.41, 5.74) is 1.14. The number of anilines is 1. The topological polar surface area (TPSA) is 20.3 Å². The number of thiol groups is 1. The Hall–Kier alpha value is -0.870. The highest BCUT2D eigenvalue weighted by atomic mass is 32.2. The van der Waals surface area contributed by atoms with Gasteiger partial charge in [0.15, 0.2) is 0 Å². The van der Waals surface area contributed by atoms with Gasteiger partial charge in [-0.2, -0.15) is 0 Å². The van der Waals surface area contributed by atoms with E-state index in [0.29, 0.717) is 0 Å². The van der Waals surface area contributed by atoms with E-state index in [1.165, 1.54) is 11.0 Å². The number of carbonyl (C=O) groups is 1. The lowest BCUT2D eigenvalue weighted by Gasteiger charge is -2.12. The first kappa shape index (κ1) is 9.68. The minimum Gasteiger partial charge on any atom is -0.338 e. The van der Waals surface area contributed by atoms with E-state index in [4.69, 9.17) is 0 Å². The second-order valence-corrected chi connectivity index (χ2v) is 4.45. The molecule has 0 N–H and O–H groups in total. The van der Waals surface area contributed by atoms with Gasteiger partial charge in [-0.25, -0.2) is 0 Å². The lowest BCUT2D eigenvalue weighted by Crippen LogP contribution is -2.10. The van der Waals surface area contributed by atoms with Gasteiger partial charge in [0.25, 0.3) is 0 Å². The molecule has 2 nitrogen and oxygen atoms in total. The normalized spacial score (nSPS) is 17.3. The molecule has 1 aliphatic heterocycles. The highest BCUT2D eigenvalue weighted by Gasteiger charge is 2.21. The first-order chi connectivity index (χ1) is 6.68. The fourth-order valence-electron chi connectivity index (χ4n) is 1.35. The molecule has 0 aromatic heterocycles. The summed E-state index contributed by atoms with van der Waals surface area (Å²) in [6, 6.07) is 8.05. The maximum absolute atomic E-state index is 10.8. The monoisotopic (exact) mass is 223 g/mol. The molecule has 0 unspecified atom stereocenters. The van der Waals surface area contributed by atoms with Crippen LogP contribution in [0.15, 0.2) is 40.3 Å². The van der Waals surface area contributed by atoms with Crippen molar-refractivity contribution >= 4 is 35.2 Å².